The van der Waals surface area contributed by atoms with Crippen molar-refractivity contribution in [2.24, 2.45) is 0 Å². The molecule has 0 aliphatic heterocycles. The lowest BCUT2D eigenvalue weighted by Gasteiger charge is -2.19. The molecule has 300 valence electrons. The normalized spacial score (nSPS) is 13.6. The molecule has 0 spiro atoms. The van der Waals surface area contributed by atoms with Crippen molar-refractivity contribution >= 4 is 19.8 Å². The number of phosphoric ester groups is 1. The van der Waals surface area contributed by atoms with Crippen molar-refractivity contribution in [3.05, 3.63) is 24.3 Å². The van der Waals surface area contributed by atoms with Crippen LogP contribution in [0.1, 0.15) is 194 Å². The number of rotatable bonds is 39. The second-order valence-electron chi connectivity index (χ2n) is 13.9. The molecule has 0 aromatic carbocycles. The molecule has 0 heterocycles. The lowest BCUT2D eigenvalue weighted by atomic mass is 10.1. The Kier molecular flexibility index (Phi) is 37.1. The summed E-state index contributed by atoms with van der Waals surface area (Å²) in [5, 5.41) is 0. The second-order valence-corrected chi connectivity index (χ2v) is 15.4. The summed E-state index contributed by atoms with van der Waals surface area (Å²) in [6.45, 7) is 4.10. The molecule has 0 aliphatic rings. The number of carbonyl (C=O) groups is 2. The summed E-state index contributed by atoms with van der Waals surface area (Å²) in [6, 6.07) is 0. The van der Waals surface area contributed by atoms with Gasteiger partial charge in [-0.15, -0.1) is 0 Å². The molecule has 0 radical (unpaired) electrons. The van der Waals surface area contributed by atoms with E-state index < -0.39 is 26.5 Å². The Morgan fingerprint density at radius 1 is 0.569 bits per heavy atom. The summed E-state index contributed by atoms with van der Waals surface area (Å²) >= 11 is 0. The van der Waals surface area contributed by atoms with E-state index in [9.17, 15) is 19.0 Å². The molecule has 1 unspecified atom stereocenters. The van der Waals surface area contributed by atoms with Crippen molar-refractivity contribution < 1.29 is 43.3 Å². The van der Waals surface area contributed by atoms with Gasteiger partial charge in [0.05, 0.1) is 13.2 Å². The second kappa shape index (κ2) is 38.2. The molecule has 0 bridgehead atoms. The van der Waals surface area contributed by atoms with Crippen LogP contribution in [0.4, 0.5) is 0 Å². The SMILES string of the molecule is CCCCCCCC/C=C\CCCCCCCC(=O)OC[C@H](COP(=O)(O)OCC[NH3+])OC(=O)CCCCCCC/C=C\CCCCCCCC. The third-order valence-corrected chi connectivity index (χ3v) is 9.82. The molecule has 0 aliphatic carbocycles. The Morgan fingerprint density at radius 3 is 1.39 bits per heavy atom. The molecular formula is C41H79NO8P+. The molecule has 0 fully saturated rings. The number of allylic oxidation sites excluding steroid dienone is 4. The number of quaternary nitrogens is 1. The predicted molar refractivity (Wildman–Crippen MR) is 209 cm³/mol. The Labute approximate surface area is 312 Å². The fourth-order valence-electron chi connectivity index (χ4n) is 5.69. The van der Waals surface area contributed by atoms with Crippen LogP contribution >= 0.6 is 7.82 Å². The highest BCUT2D eigenvalue weighted by Crippen LogP contribution is 2.43. The highest BCUT2D eigenvalue weighted by atomic mass is 31.2. The van der Waals surface area contributed by atoms with Gasteiger partial charge >= 0.3 is 19.8 Å². The molecule has 0 amide bonds. The van der Waals surface area contributed by atoms with Crippen molar-refractivity contribution in [2.45, 2.75) is 200 Å². The number of phosphoric acid groups is 1. The van der Waals surface area contributed by atoms with E-state index in [-0.39, 0.29) is 32.0 Å². The van der Waals surface area contributed by atoms with Crippen LogP contribution in [0.3, 0.4) is 0 Å². The van der Waals surface area contributed by atoms with Crippen LogP contribution in [0.2, 0.25) is 0 Å². The minimum absolute atomic E-state index is 0.0430. The quantitative estimate of drug-likeness (QED) is 0.0275. The summed E-state index contributed by atoms with van der Waals surface area (Å²) in [5.41, 5.74) is 3.58. The Balaban J connectivity index is 4.20. The van der Waals surface area contributed by atoms with Crippen molar-refractivity contribution in [3.8, 4) is 0 Å². The van der Waals surface area contributed by atoms with Crippen LogP contribution in [0.25, 0.3) is 0 Å². The molecule has 51 heavy (non-hydrogen) atoms. The van der Waals surface area contributed by atoms with Crippen molar-refractivity contribution in [2.75, 3.05) is 26.4 Å². The highest BCUT2D eigenvalue weighted by molar-refractivity contribution is 7.47. The summed E-state index contributed by atoms with van der Waals surface area (Å²) < 4.78 is 32.8. The molecule has 10 heteroatoms. The van der Waals surface area contributed by atoms with Gasteiger partial charge in [0.25, 0.3) is 0 Å². The third kappa shape index (κ3) is 38.0. The fraction of sp³-hybridized carbons (Fsp3) is 0.854. The maximum atomic E-state index is 12.6. The molecule has 0 saturated carbocycles. The minimum Gasteiger partial charge on any atom is -0.462 e. The fourth-order valence-corrected chi connectivity index (χ4v) is 6.48. The van der Waals surface area contributed by atoms with E-state index >= 15 is 0 Å². The maximum absolute atomic E-state index is 12.6. The van der Waals surface area contributed by atoms with Crippen LogP contribution in [-0.4, -0.2) is 49.3 Å². The largest absolute Gasteiger partial charge is 0.472 e. The number of unbranched alkanes of at least 4 members (excludes halogenated alkanes) is 22. The van der Waals surface area contributed by atoms with Gasteiger partial charge in [-0.1, -0.05) is 141 Å². The highest BCUT2D eigenvalue weighted by Gasteiger charge is 2.26. The number of carbonyl (C=O) groups excluding carboxylic acids is 2. The first kappa shape index (κ1) is 49.5. The Hall–Kier alpha value is -1.51. The first-order valence-electron chi connectivity index (χ1n) is 20.9. The number of ether oxygens (including phenoxy) is 2. The average Bonchev–Trinajstić information content (AvgIpc) is 3.11. The Bertz CT molecular complexity index is 897. The smallest absolute Gasteiger partial charge is 0.462 e. The van der Waals surface area contributed by atoms with Crippen LogP contribution in [-0.2, 0) is 32.7 Å². The first-order valence-corrected chi connectivity index (χ1v) is 22.4. The van der Waals surface area contributed by atoms with Gasteiger partial charge in [-0.05, 0) is 64.2 Å². The molecule has 0 aromatic heterocycles. The van der Waals surface area contributed by atoms with Gasteiger partial charge in [-0.3, -0.25) is 18.6 Å². The van der Waals surface area contributed by atoms with Crippen LogP contribution in [0.15, 0.2) is 24.3 Å². The van der Waals surface area contributed by atoms with Gasteiger partial charge in [0.15, 0.2) is 6.10 Å². The van der Waals surface area contributed by atoms with Gasteiger partial charge in [0, 0.05) is 12.8 Å². The van der Waals surface area contributed by atoms with Crippen LogP contribution in [0, 0.1) is 0 Å². The van der Waals surface area contributed by atoms with E-state index in [1.807, 2.05) is 0 Å². The first-order chi connectivity index (χ1) is 24.8. The van der Waals surface area contributed by atoms with Gasteiger partial charge in [-0.2, -0.15) is 0 Å². The summed E-state index contributed by atoms with van der Waals surface area (Å²) in [4.78, 5) is 34.8. The molecular weight excluding hydrogens is 665 g/mol. The maximum Gasteiger partial charge on any atom is 0.472 e. The molecule has 0 rings (SSSR count). The van der Waals surface area contributed by atoms with E-state index in [0.29, 0.717) is 13.0 Å². The van der Waals surface area contributed by atoms with Crippen molar-refractivity contribution in [3.63, 3.8) is 0 Å². The van der Waals surface area contributed by atoms with Crippen molar-refractivity contribution in [1.82, 2.24) is 0 Å². The van der Waals surface area contributed by atoms with Gasteiger partial charge in [0.2, 0.25) is 0 Å². The minimum atomic E-state index is -4.33. The monoisotopic (exact) mass is 745 g/mol. The topological polar surface area (TPSA) is 136 Å². The molecule has 2 atom stereocenters. The lowest BCUT2D eigenvalue weighted by molar-refractivity contribution is -0.371. The van der Waals surface area contributed by atoms with E-state index in [4.69, 9.17) is 18.5 Å². The molecule has 0 aromatic rings. The number of hydrogen-bond acceptors (Lipinski definition) is 7. The van der Waals surface area contributed by atoms with Gasteiger partial charge in [-0.25, -0.2) is 4.57 Å². The summed E-state index contributed by atoms with van der Waals surface area (Å²) in [7, 11) is -4.33. The van der Waals surface area contributed by atoms with E-state index in [2.05, 4.69) is 43.9 Å². The van der Waals surface area contributed by atoms with E-state index in [0.717, 1.165) is 70.6 Å². The number of esters is 2. The molecule has 0 saturated heterocycles. The van der Waals surface area contributed by atoms with Crippen LogP contribution < -0.4 is 5.73 Å². The zero-order valence-corrected chi connectivity index (χ0v) is 33.9. The van der Waals surface area contributed by atoms with Crippen LogP contribution in [0.5, 0.6) is 0 Å². The summed E-state index contributed by atoms with van der Waals surface area (Å²) in [5.74, 6) is -0.826. The number of hydrogen-bond donors (Lipinski definition) is 2. The average molecular weight is 745 g/mol. The summed E-state index contributed by atoms with van der Waals surface area (Å²) in [6.07, 6.45) is 39.3. The Morgan fingerprint density at radius 2 is 0.961 bits per heavy atom. The zero-order chi connectivity index (χ0) is 37.5. The van der Waals surface area contributed by atoms with Gasteiger partial charge < -0.3 is 20.1 Å². The third-order valence-electron chi connectivity index (χ3n) is 8.84. The van der Waals surface area contributed by atoms with E-state index in [1.165, 1.54) is 89.9 Å². The molecule has 9 nitrogen and oxygen atoms in total. The zero-order valence-electron chi connectivity index (χ0n) is 33.0. The van der Waals surface area contributed by atoms with E-state index in [1.54, 1.807) is 0 Å². The van der Waals surface area contributed by atoms with Gasteiger partial charge in [0.1, 0.15) is 13.2 Å². The predicted octanol–water partition coefficient (Wildman–Crippen LogP) is 10.9. The van der Waals surface area contributed by atoms with Crippen molar-refractivity contribution in [1.29, 1.82) is 0 Å². The molecule has 4 N–H and O–H groups in total. The lowest BCUT2D eigenvalue weighted by Crippen LogP contribution is -2.52. The standard InChI is InChI=1S/C41H78NO8P/c1-3-5-7-9-11-13-15-17-19-21-23-25-27-29-31-33-40(43)47-37-39(38-49-51(45,46)48-36-35-42)50-41(44)34-32-30-28-26-24-22-20-18-16-14-12-10-8-6-4-2/h17-20,39H,3-16,21-38,42H2,1-2H3,(H,45,46)/p+1/b19-17-,20-18-/t39-/m1/s1.